The molecule has 144 valence electrons. The van der Waals surface area contributed by atoms with E-state index in [1.807, 2.05) is 6.08 Å². The number of anilines is 3. The molecule has 0 unspecified atom stereocenters. The Kier molecular flexibility index (Phi) is 5.20. The SMILES string of the molecule is C=CCn1c(SCc2nc(N)nc(Nc3ccc(F)cc3)n2)nnc1C1CC1. The molecule has 10 heteroatoms. The van der Waals surface area contributed by atoms with E-state index in [9.17, 15) is 4.39 Å². The molecule has 1 aliphatic rings. The minimum Gasteiger partial charge on any atom is -0.368 e. The number of nitrogens with one attached hydrogen (secondary N) is 1. The van der Waals surface area contributed by atoms with Crippen LogP contribution in [0.4, 0.5) is 22.0 Å². The number of benzene rings is 1. The molecule has 2 aromatic heterocycles. The van der Waals surface area contributed by atoms with Crippen LogP contribution in [0.25, 0.3) is 0 Å². The van der Waals surface area contributed by atoms with Crippen molar-refractivity contribution in [1.29, 1.82) is 0 Å². The lowest BCUT2D eigenvalue weighted by Gasteiger charge is -2.08. The van der Waals surface area contributed by atoms with E-state index in [2.05, 4.69) is 41.6 Å². The fourth-order valence-electron chi connectivity index (χ4n) is 2.70. The third-order valence-electron chi connectivity index (χ3n) is 4.13. The molecule has 1 aliphatic carbocycles. The number of aromatic nitrogens is 6. The van der Waals surface area contributed by atoms with Crippen LogP contribution >= 0.6 is 11.8 Å². The van der Waals surface area contributed by atoms with E-state index in [1.165, 1.54) is 23.9 Å². The molecule has 3 aromatic rings. The molecule has 1 saturated carbocycles. The Hall–Kier alpha value is -3.01. The number of rotatable bonds is 8. The van der Waals surface area contributed by atoms with Crippen LogP contribution in [0.1, 0.15) is 30.4 Å². The quantitative estimate of drug-likeness (QED) is 0.440. The largest absolute Gasteiger partial charge is 0.368 e. The number of hydrogen-bond donors (Lipinski definition) is 2. The van der Waals surface area contributed by atoms with Crippen LogP contribution in [0.15, 0.2) is 42.1 Å². The van der Waals surface area contributed by atoms with Gasteiger partial charge in [0.05, 0.1) is 5.75 Å². The van der Waals surface area contributed by atoms with Gasteiger partial charge in [0, 0.05) is 18.2 Å². The van der Waals surface area contributed by atoms with Crippen LogP contribution in [0.3, 0.4) is 0 Å². The number of halogens is 1. The number of nitrogens with two attached hydrogens (primary N) is 1. The molecule has 0 bridgehead atoms. The summed E-state index contributed by atoms with van der Waals surface area (Å²) in [6.07, 6.45) is 4.15. The summed E-state index contributed by atoms with van der Waals surface area (Å²) in [4.78, 5) is 12.7. The second-order valence-corrected chi connectivity index (χ2v) is 7.31. The van der Waals surface area contributed by atoms with Gasteiger partial charge in [-0.25, -0.2) is 4.39 Å². The molecule has 1 fully saturated rings. The van der Waals surface area contributed by atoms with E-state index in [1.54, 1.807) is 12.1 Å². The zero-order valence-electron chi connectivity index (χ0n) is 15.0. The van der Waals surface area contributed by atoms with Gasteiger partial charge in [0.15, 0.2) is 5.16 Å². The maximum Gasteiger partial charge on any atom is 0.232 e. The Morgan fingerprint density at radius 2 is 2.00 bits per heavy atom. The Labute approximate surface area is 165 Å². The minimum atomic E-state index is -0.313. The molecule has 2 heterocycles. The van der Waals surface area contributed by atoms with Crippen molar-refractivity contribution < 1.29 is 4.39 Å². The van der Waals surface area contributed by atoms with Gasteiger partial charge in [-0.1, -0.05) is 17.8 Å². The highest BCUT2D eigenvalue weighted by Crippen LogP contribution is 2.40. The van der Waals surface area contributed by atoms with Crippen molar-refractivity contribution in [2.75, 3.05) is 11.1 Å². The molecule has 0 amide bonds. The van der Waals surface area contributed by atoms with Crippen molar-refractivity contribution in [3.63, 3.8) is 0 Å². The predicted molar refractivity (Wildman–Crippen MR) is 106 cm³/mol. The summed E-state index contributed by atoms with van der Waals surface area (Å²) in [5, 5.41) is 12.4. The highest BCUT2D eigenvalue weighted by atomic mass is 32.2. The van der Waals surface area contributed by atoms with E-state index in [0.29, 0.717) is 35.7 Å². The third-order valence-corrected chi connectivity index (χ3v) is 5.09. The maximum absolute atomic E-state index is 13.0. The molecule has 3 N–H and O–H groups in total. The van der Waals surface area contributed by atoms with E-state index >= 15 is 0 Å². The fourth-order valence-corrected chi connectivity index (χ4v) is 3.51. The first-order chi connectivity index (χ1) is 13.6. The highest BCUT2D eigenvalue weighted by molar-refractivity contribution is 7.98. The molecule has 1 aromatic carbocycles. The van der Waals surface area contributed by atoms with Crippen molar-refractivity contribution >= 4 is 29.3 Å². The van der Waals surface area contributed by atoms with Crippen LogP contribution in [0.5, 0.6) is 0 Å². The summed E-state index contributed by atoms with van der Waals surface area (Å²) in [5.41, 5.74) is 6.48. The molecule has 28 heavy (non-hydrogen) atoms. The van der Waals surface area contributed by atoms with Crippen LogP contribution in [-0.2, 0) is 12.3 Å². The topological polar surface area (TPSA) is 107 Å². The van der Waals surface area contributed by atoms with E-state index in [0.717, 1.165) is 23.8 Å². The summed E-state index contributed by atoms with van der Waals surface area (Å²) < 4.78 is 15.1. The predicted octanol–water partition coefficient (Wildman–Crippen LogP) is 3.28. The van der Waals surface area contributed by atoms with Gasteiger partial charge in [-0.05, 0) is 37.1 Å². The molecule has 4 rings (SSSR count). The van der Waals surface area contributed by atoms with Crippen LogP contribution in [-0.4, -0.2) is 29.7 Å². The lowest BCUT2D eigenvalue weighted by Crippen LogP contribution is -2.07. The maximum atomic E-state index is 13.0. The number of thioether (sulfide) groups is 1. The average molecular weight is 398 g/mol. The van der Waals surface area contributed by atoms with E-state index < -0.39 is 0 Å². The van der Waals surface area contributed by atoms with Gasteiger partial charge in [-0.15, -0.1) is 16.8 Å². The van der Waals surface area contributed by atoms with Crippen molar-refractivity contribution in [2.45, 2.75) is 36.2 Å². The number of nitrogen functional groups attached to an aromatic ring is 1. The summed E-state index contributed by atoms with van der Waals surface area (Å²) in [5.74, 6) is 2.60. The van der Waals surface area contributed by atoms with Gasteiger partial charge in [0.25, 0.3) is 0 Å². The Balaban J connectivity index is 1.48. The van der Waals surface area contributed by atoms with Crippen LogP contribution in [0.2, 0.25) is 0 Å². The van der Waals surface area contributed by atoms with Gasteiger partial charge < -0.3 is 15.6 Å². The molecule has 0 atom stereocenters. The monoisotopic (exact) mass is 398 g/mol. The Morgan fingerprint density at radius 3 is 2.71 bits per heavy atom. The zero-order valence-corrected chi connectivity index (χ0v) is 15.9. The third kappa shape index (κ3) is 4.28. The van der Waals surface area contributed by atoms with Gasteiger partial charge in [-0.3, -0.25) is 0 Å². The molecule has 0 saturated heterocycles. The zero-order chi connectivity index (χ0) is 19.5. The fraction of sp³-hybridized carbons (Fsp3) is 0.278. The average Bonchev–Trinajstić information content (AvgIpc) is 3.44. The molecular formula is C18H19FN8S. The summed E-state index contributed by atoms with van der Waals surface area (Å²) >= 11 is 1.49. The lowest BCUT2D eigenvalue weighted by atomic mass is 10.3. The first-order valence-corrected chi connectivity index (χ1v) is 9.80. The normalized spacial score (nSPS) is 13.5. The molecule has 0 spiro atoms. The minimum absolute atomic E-state index is 0.112. The Morgan fingerprint density at radius 1 is 1.21 bits per heavy atom. The molecule has 0 radical (unpaired) electrons. The Bertz CT molecular complexity index is 984. The van der Waals surface area contributed by atoms with E-state index in [-0.39, 0.29) is 11.8 Å². The van der Waals surface area contributed by atoms with Crippen molar-refractivity contribution in [3.05, 3.63) is 54.4 Å². The van der Waals surface area contributed by atoms with Crippen molar-refractivity contribution in [3.8, 4) is 0 Å². The van der Waals surface area contributed by atoms with Crippen LogP contribution < -0.4 is 11.1 Å². The smallest absolute Gasteiger partial charge is 0.232 e. The second kappa shape index (κ2) is 7.93. The highest BCUT2D eigenvalue weighted by Gasteiger charge is 2.30. The number of allylic oxidation sites excluding steroid dienone is 1. The van der Waals surface area contributed by atoms with Gasteiger partial charge in [0.2, 0.25) is 11.9 Å². The van der Waals surface area contributed by atoms with Crippen molar-refractivity contribution in [1.82, 2.24) is 29.7 Å². The summed E-state index contributed by atoms with van der Waals surface area (Å²) in [6, 6.07) is 5.91. The lowest BCUT2D eigenvalue weighted by molar-refractivity contribution is 0.628. The number of nitrogens with zero attached hydrogens (tertiary/aromatic N) is 6. The van der Waals surface area contributed by atoms with Gasteiger partial charge in [-0.2, -0.15) is 15.0 Å². The standard InChI is InChI=1S/C18H19FN8S/c1-2-9-27-15(11-3-4-11)25-26-18(27)28-10-14-22-16(20)24-17(23-14)21-13-7-5-12(19)6-8-13/h2,5-8,11H,1,3-4,9-10H2,(H3,20,21,22,23,24). The van der Waals surface area contributed by atoms with Gasteiger partial charge >= 0.3 is 0 Å². The molecular weight excluding hydrogens is 379 g/mol. The number of hydrogen-bond acceptors (Lipinski definition) is 8. The van der Waals surface area contributed by atoms with Crippen molar-refractivity contribution in [2.24, 2.45) is 0 Å². The first-order valence-electron chi connectivity index (χ1n) is 8.82. The first kappa shape index (κ1) is 18.4. The summed E-state index contributed by atoms with van der Waals surface area (Å²) in [7, 11) is 0. The summed E-state index contributed by atoms with van der Waals surface area (Å²) in [6.45, 7) is 4.48. The second-order valence-electron chi connectivity index (χ2n) is 6.37. The van der Waals surface area contributed by atoms with Gasteiger partial charge in [0.1, 0.15) is 17.5 Å². The molecule has 0 aliphatic heterocycles. The van der Waals surface area contributed by atoms with E-state index in [4.69, 9.17) is 5.73 Å². The van der Waals surface area contributed by atoms with Crippen LogP contribution in [0, 0.1) is 5.82 Å². The molecule has 8 nitrogen and oxygen atoms in total.